The minimum absolute atomic E-state index is 0.0370. The van der Waals surface area contributed by atoms with Crippen LogP contribution < -0.4 is 22.1 Å². The number of nitrogens with two attached hydrogens (primary N) is 2. The molecule has 1 aliphatic heterocycles. The summed E-state index contributed by atoms with van der Waals surface area (Å²) in [6.45, 7) is 4.31. The molecule has 1 heterocycles. The fourth-order valence-corrected chi connectivity index (χ4v) is 5.30. The molecule has 174 valence electrons. The van der Waals surface area contributed by atoms with Crippen LogP contribution in [0.5, 0.6) is 0 Å². The number of nitrogens with one attached hydrogen (secondary N) is 2. The van der Waals surface area contributed by atoms with Crippen LogP contribution in [0.2, 0.25) is 0 Å². The molecule has 0 radical (unpaired) electrons. The summed E-state index contributed by atoms with van der Waals surface area (Å²) in [5, 5.41) is 6.20. The number of benzene rings is 1. The lowest BCUT2D eigenvalue weighted by Crippen LogP contribution is -2.49. The zero-order valence-electron chi connectivity index (χ0n) is 18.6. The summed E-state index contributed by atoms with van der Waals surface area (Å²) in [5.41, 5.74) is 12.4. The first kappa shape index (κ1) is 24.1. The smallest absolute Gasteiger partial charge is 0.326 e. The lowest BCUT2D eigenvalue weighted by molar-refractivity contribution is -0.155. The van der Waals surface area contributed by atoms with Crippen LogP contribution in [0.3, 0.4) is 0 Å². The molecule has 1 atom stereocenters. The van der Waals surface area contributed by atoms with Gasteiger partial charge >= 0.3 is 12.0 Å². The highest BCUT2D eigenvalue weighted by Crippen LogP contribution is 2.46. The zero-order valence-corrected chi connectivity index (χ0v) is 19.4. The summed E-state index contributed by atoms with van der Waals surface area (Å²) in [5.74, 6) is -0.768. The zero-order chi connectivity index (χ0) is 23.3. The normalized spacial score (nSPS) is 19.2. The SMILES string of the molecule is CC(C)(NCCc1cccc(C2CC(C(N)=O)=C(NC(N)=O)S2)c1)C(=O)OC1CCCC1. The van der Waals surface area contributed by atoms with E-state index < -0.39 is 17.5 Å². The van der Waals surface area contributed by atoms with Gasteiger partial charge in [-0.3, -0.25) is 9.59 Å². The Hall–Kier alpha value is -2.52. The predicted molar refractivity (Wildman–Crippen MR) is 124 cm³/mol. The van der Waals surface area contributed by atoms with Crippen molar-refractivity contribution in [3.05, 3.63) is 46.0 Å². The molecule has 1 saturated carbocycles. The van der Waals surface area contributed by atoms with Gasteiger partial charge in [0.2, 0.25) is 5.91 Å². The number of amides is 3. The largest absolute Gasteiger partial charge is 0.461 e. The number of rotatable bonds is 9. The van der Waals surface area contributed by atoms with Crippen molar-refractivity contribution in [2.75, 3.05) is 6.54 Å². The van der Waals surface area contributed by atoms with Crippen molar-refractivity contribution in [2.24, 2.45) is 11.5 Å². The molecule has 6 N–H and O–H groups in total. The van der Waals surface area contributed by atoms with Crippen LogP contribution in [0.1, 0.15) is 62.3 Å². The second-order valence-corrected chi connectivity index (χ2v) is 10.0. The number of ether oxygens (including phenoxy) is 1. The van der Waals surface area contributed by atoms with Gasteiger partial charge < -0.3 is 26.8 Å². The Kier molecular flexibility index (Phi) is 7.84. The topological polar surface area (TPSA) is 137 Å². The first-order chi connectivity index (χ1) is 15.2. The Morgan fingerprint density at radius 1 is 1.19 bits per heavy atom. The number of thioether (sulfide) groups is 1. The summed E-state index contributed by atoms with van der Waals surface area (Å²) in [4.78, 5) is 35.5. The lowest BCUT2D eigenvalue weighted by atomic mass is 10.0. The maximum atomic E-state index is 12.5. The fraction of sp³-hybridized carbons (Fsp3) is 0.522. The molecule has 1 aromatic carbocycles. The monoisotopic (exact) mass is 460 g/mol. The van der Waals surface area contributed by atoms with Crippen LogP contribution >= 0.6 is 11.8 Å². The molecule has 1 fully saturated rings. The quantitative estimate of drug-likeness (QED) is 0.418. The number of hydrogen-bond donors (Lipinski definition) is 4. The first-order valence-electron chi connectivity index (χ1n) is 11.0. The maximum absolute atomic E-state index is 12.5. The van der Waals surface area contributed by atoms with E-state index in [-0.39, 0.29) is 17.3 Å². The molecule has 8 nitrogen and oxygen atoms in total. The molecular weight excluding hydrogens is 428 g/mol. The number of urea groups is 1. The minimum atomic E-state index is -0.753. The van der Waals surface area contributed by atoms with Gasteiger partial charge in [0.1, 0.15) is 11.6 Å². The van der Waals surface area contributed by atoms with Gasteiger partial charge in [0.15, 0.2) is 0 Å². The number of primary amides is 2. The summed E-state index contributed by atoms with van der Waals surface area (Å²) in [6, 6.07) is 7.34. The van der Waals surface area contributed by atoms with E-state index in [1.54, 1.807) is 0 Å². The highest BCUT2D eigenvalue weighted by molar-refractivity contribution is 8.03. The summed E-state index contributed by atoms with van der Waals surface area (Å²) >= 11 is 1.37. The maximum Gasteiger partial charge on any atom is 0.326 e. The highest BCUT2D eigenvalue weighted by atomic mass is 32.2. The summed E-state index contributed by atoms with van der Waals surface area (Å²) in [6.07, 6.45) is 5.37. The van der Waals surface area contributed by atoms with Crippen LogP contribution in [0.25, 0.3) is 0 Å². The number of hydrogen-bond acceptors (Lipinski definition) is 6. The molecular formula is C23H32N4O4S. The third-order valence-electron chi connectivity index (χ3n) is 5.85. The van der Waals surface area contributed by atoms with Crippen molar-refractivity contribution < 1.29 is 19.1 Å². The third-order valence-corrected chi connectivity index (χ3v) is 7.16. The van der Waals surface area contributed by atoms with Gasteiger partial charge in [-0.2, -0.15) is 0 Å². The van der Waals surface area contributed by atoms with Gasteiger partial charge in [-0.25, -0.2) is 4.79 Å². The van der Waals surface area contributed by atoms with Crippen LogP contribution in [0, 0.1) is 0 Å². The van der Waals surface area contributed by atoms with Gasteiger partial charge in [0.05, 0.1) is 5.03 Å². The van der Waals surface area contributed by atoms with Crippen molar-refractivity contribution in [1.29, 1.82) is 0 Å². The van der Waals surface area contributed by atoms with Gasteiger partial charge in [-0.1, -0.05) is 36.0 Å². The minimum Gasteiger partial charge on any atom is -0.461 e. The van der Waals surface area contributed by atoms with E-state index in [0.29, 0.717) is 23.6 Å². The second-order valence-electron chi connectivity index (χ2n) is 8.83. The van der Waals surface area contributed by atoms with E-state index in [2.05, 4.69) is 16.7 Å². The van der Waals surface area contributed by atoms with Gasteiger partial charge in [-0.05, 0) is 63.5 Å². The first-order valence-corrected chi connectivity index (χ1v) is 11.8. The molecule has 32 heavy (non-hydrogen) atoms. The van der Waals surface area contributed by atoms with Gasteiger partial charge in [-0.15, -0.1) is 0 Å². The van der Waals surface area contributed by atoms with E-state index in [0.717, 1.165) is 43.2 Å². The van der Waals surface area contributed by atoms with Crippen molar-refractivity contribution in [2.45, 2.75) is 69.3 Å². The molecule has 1 aromatic rings. The molecule has 2 aliphatic rings. The Morgan fingerprint density at radius 3 is 2.56 bits per heavy atom. The lowest BCUT2D eigenvalue weighted by Gasteiger charge is -2.26. The highest BCUT2D eigenvalue weighted by Gasteiger charge is 2.32. The average Bonchev–Trinajstić information content (AvgIpc) is 3.37. The molecule has 0 spiro atoms. The molecule has 1 aliphatic carbocycles. The molecule has 1 unspecified atom stereocenters. The number of esters is 1. The van der Waals surface area contributed by atoms with Crippen molar-refractivity contribution >= 4 is 29.7 Å². The molecule has 0 saturated heterocycles. The van der Waals surface area contributed by atoms with E-state index in [4.69, 9.17) is 16.2 Å². The van der Waals surface area contributed by atoms with Crippen molar-refractivity contribution in [3.8, 4) is 0 Å². The van der Waals surface area contributed by atoms with Gasteiger partial charge in [0, 0.05) is 17.4 Å². The number of carbonyl (C=O) groups is 3. The Labute approximate surface area is 192 Å². The number of carbonyl (C=O) groups excluding carboxylic acids is 3. The average molecular weight is 461 g/mol. The predicted octanol–water partition coefficient (Wildman–Crippen LogP) is 2.63. The fourth-order valence-electron chi connectivity index (χ4n) is 3.99. The van der Waals surface area contributed by atoms with E-state index in [1.807, 2.05) is 32.0 Å². The summed E-state index contributed by atoms with van der Waals surface area (Å²) < 4.78 is 5.65. The van der Waals surface area contributed by atoms with E-state index >= 15 is 0 Å². The third kappa shape index (κ3) is 6.26. The van der Waals surface area contributed by atoms with E-state index in [1.165, 1.54) is 11.8 Å². The van der Waals surface area contributed by atoms with Gasteiger partial charge in [0.25, 0.3) is 0 Å². The Morgan fingerprint density at radius 2 is 1.91 bits per heavy atom. The van der Waals surface area contributed by atoms with Crippen LogP contribution in [-0.2, 0) is 20.7 Å². The Balaban J connectivity index is 1.55. The van der Waals surface area contributed by atoms with E-state index in [9.17, 15) is 14.4 Å². The Bertz CT molecular complexity index is 909. The molecule has 0 bridgehead atoms. The van der Waals surface area contributed by atoms with Crippen molar-refractivity contribution in [1.82, 2.24) is 10.6 Å². The standard InChI is InChI=1S/C23H32N4O4S/c1-23(2,21(29)31-16-8-3-4-9-16)26-11-10-14-6-5-7-15(12-14)18-13-17(19(24)28)20(32-18)27-22(25)30/h5-7,12,16,18,26H,3-4,8-11,13H2,1-2H3,(H2,24,28)(H3,25,27,30). The van der Waals surface area contributed by atoms with Crippen molar-refractivity contribution in [3.63, 3.8) is 0 Å². The molecule has 3 rings (SSSR count). The second kappa shape index (κ2) is 10.4. The van der Waals surface area contributed by atoms with Crippen LogP contribution in [-0.4, -0.2) is 36.1 Å². The molecule has 9 heteroatoms. The molecule has 3 amide bonds. The summed E-state index contributed by atoms with van der Waals surface area (Å²) in [7, 11) is 0. The molecule has 0 aromatic heterocycles. The van der Waals surface area contributed by atoms with Crippen LogP contribution in [0.4, 0.5) is 4.79 Å². The van der Waals surface area contributed by atoms with Crippen LogP contribution in [0.15, 0.2) is 34.9 Å².